The molecule has 1 aromatic heterocycles. The molecule has 0 bridgehead atoms. The van der Waals surface area contributed by atoms with Crippen LogP contribution in [0.15, 0.2) is 34.2 Å². The van der Waals surface area contributed by atoms with Crippen LogP contribution in [0.5, 0.6) is 11.5 Å². The first-order valence-corrected chi connectivity index (χ1v) is 10.4. The smallest absolute Gasteiger partial charge is 0.252 e. The van der Waals surface area contributed by atoms with Gasteiger partial charge in [-0.05, 0) is 43.5 Å². The van der Waals surface area contributed by atoms with Crippen LogP contribution in [-0.4, -0.2) is 29.4 Å². The van der Waals surface area contributed by atoms with E-state index in [2.05, 4.69) is 27.4 Å². The molecular weight excluding hydrogens is 368 g/mol. The highest BCUT2D eigenvalue weighted by Crippen LogP contribution is 2.28. The van der Waals surface area contributed by atoms with E-state index in [0.29, 0.717) is 24.9 Å². The highest BCUT2D eigenvalue weighted by molar-refractivity contribution is 5.81. The molecule has 7 nitrogen and oxygen atoms in total. The summed E-state index contributed by atoms with van der Waals surface area (Å²) in [6, 6.07) is 7.21. The van der Waals surface area contributed by atoms with Gasteiger partial charge in [-0.2, -0.15) is 5.10 Å². The van der Waals surface area contributed by atoms with Gasteiger partial charge in [-0.1, -0.05) is 39.5 Å². The lowest BCUT2D eigenvalue weighted by atomic mass is 10.2. The van der Waals surface area contributed by atoms with Gasteiger partial charge in [0.25, 0.3) is 5.56 Å². The monoisotopic (exact) mass is 400 g/mol. The SMILES string of the molecule is CCCCCCOc1ccc(/C=N/Nc2nc(CCC)cc(=O)[nH]2)cc1OCC. The van der Waals surface area contributed by atoms with Crippen LogP contribution in [0.3, 0.4) is 0 Å². The van der Waals surface area contributed by atoms with Gasteiger partial charge in [-0.15, -0.1) is 0 Å². The van der Waals surface area contributed by atoms with Crippen LogP contribution in [0.4, 0.5) is 5.95 Å². The number of ether oxygens (including phenoxy) is 2. The van der Waals surface area contributed by atoms with E-state index in [0.717, 1.165) is 36.3 Å². The summed E-state index contributed by atoms with van der Waals surface area (Å²) in [4.78, 5) is 18.7. The zero-order chi connectivity index (χ0) is 20.9. The van der Waals surface area contributed by atoms with Crippen molar-refractivity contribution < 1.29 is 9.47 Å². The number of nitrogens with one attached hydrogen (secondary N) is 2. The number of anilines is 1. The zero-order valence-corrected chi connectivity index (χ0v) is 17.7. The summed E-state index contributed by atoms with van der Waals surface area (Å²) in [5.74, 6) is 1.77. The third-order valence-electron chi connectivity index (χ3n) is 4.21. The van der Waals surface area contributed by atoms with Gasteiger partial charge >= 0.3 is 0 Å². The minimum atomic E-state index is -0.194. The Morgan fingerprint density at radius 1 is 1.07 bits per heavy atom. The molecule has 0 unspecified atom stereocenters. The number of rotatable bonds is 13. The van der Waals surface area contributed by atoms with Crippen molar-refractivity contribution in [3.05, 3.63) is 45.9 Å². The van der Waals surface area contributed by atoms with Gasteiger partial charge in [0.05, 0.1) is 19.4 Å². The maximum atomic E-state index is 11.7. The van der Waals surface area contributed by atoms with E-state index in [9.17, 15) is 4.79 Å². The Bertz CT molecular complexity index is 833. The molecule has 1 heterocycles. The van der Waals surface area contributed by atoms with Crippen molar-refractivity contribution in [2.45, 2.75) is 59.3 Å². The molecule has 0 spiro atoms. The number of aromatic nitrogens is 2. The number of hydrogen-bond acceptors (Lipinski definition) is 6. The average Bonchev–Trinajstić information content (AvgIpc) is 2.69. The second-order valence-electron chi connectivity index (χ2n) is 6.75. The second-order valence-corrected chi connectivity index (χ2v) is 6.75. The number of unbranched alkanes of at least 4 members (excludes halogenated alkanes) is 3. The standard InChI is InChI=1S/C22H32N4O3/c1-4-7-8-9-13-29-19-12-11-17(14-20(19)28-6-3)16-23-26-22-24-18(10-5-2)15-21(27)25-22/h11-12,14-16H,4-10,13H2,1-3H3,(H2,24,25,26,27)/b23-16+. The van der Waals surface area contributed by atoms with Crippen molar-refractivity contribution >= 4 is 12.2 Å². The Balaban J connectivity index is 2.01. The number of nitrogens with zero attached hydrogens (tertiary/aromatic N) is 2. The predicted octanol–water partition coefficient (Wildman–Crippen LogP) is 4.53. The number of aryl methyl sites for hydroxylation is 1. The molecule has 0 aliphatic carbocycles. The predicted molar refractivity (Wildman–Crippen MR) is 117 cm³/mol. The summed E-state index contributed by atoms with van der Waals surface area (Å²) in [5, 5.41) is 4.18. The molecule has 0 amide bonds. The summed E-state index contributed by atoms with van der Waals surface area (Å²) in [7, 11) is 0. The van der Waals surface area contributed by atoms with Crippen molar-refractivity contribution in [2.24, 2.45) is 5.10 Å². The fourth-order valence-electron chi connectivity index (χ4n) is 2.82. The molecule has 29 heavy (non-hydrogen) atoms. The summed E-state index contributed by atoms with van der Waals surface area (Å²) in [5.41, 5.74) is 4.19. The van der Waals surface area contributed by atoms with E-state index < -0.39 is 0 Å². The summed E-state index contributed by atoms with van der Waals surface area (Å²) in [6.45, 7) is 7.42. The first-order chi connectivity index (χ1) is 14.2. The Kier molecular flexibility index (Phi) is 9.75. The van der Waals surface area contributed by atoms with E-state index in [1.807, 2.05) is 32.0 Å². The fraction of sp³-hybridized carbons (Fsp3) is 0.500. The maximum Gasteiger partial charge on any atom is 0.252 e. The molecule has 0 aliphatic heterocycles. The third kappa shape index (κ3) is 7.97. The minimum absolute atomic E-state index is 0.194. The lowest BCUT2D eigenvalue weighted by molar-refractivity contribution is 0.270. The second kappa shape index (κ2) is 12.6. The Morgan fingerprint density at radius 2 is 1.93 bits per heavy atom. The van der Waals surface area contributed by atoms with Crippen molar-refractivity contribution in [2.75, 3.05) is 18.6 Å². The Morgan fingerprint density at radius 3 is 2.69 bits per heavy atom. The molecule has 1 aromatic carbocycles. The van der Waals surface area contributed by atoms with Gasteiger partial charge in [0.15, 0.2) is 11.5 Å². The normalized spacial score (nSPS) is 11.0. The maximum absolute atomic E-state index is 11.7. The topological polar surface area (TPSA) is 88.6 Å². The van der Waals surface area contributed by atoms with E-state index in [1.54, 1.807) is 6.21 Å². The summed E-state index contributed by atoms with van der Waals surface area (Å²) < 4.78 is 11.6. The van der Waals surface area contributed by atoms with Crippen LogP contribution in [-0.2, 0) is 6.42 Å². The van der Waals surface area contributed by atoms with Crippen molar-refractivity contribution in [3.8, 4) is 11.5 Å². The Hall–Kier alpha value is -2.83. The van der Waals surface area contributed by atoms with Gasteiger partial charge in [0, 0.05) is 11.8 Å². The van der Waals surface area contributed by atoms with E-state index in [1.165, 1.54) is 25.3 Å². The number of hydrogen-bond donors (Lipinski definition) is 2. The van der Waals surface area contributed by atoms with Crippen molar-refractivity contribution in [3.63, 3.8) is 0 Å². The molecule has 2 N–H and O–H groups in total. The van der Waals surface area contributed by atoms with Gasteiger partial charge in [0.2, 0.25) is 5.95 Å². The summed E-state index contributed by atoms with van der Waals surface area (Å²) in [6.07, 6.45) is 7.97. The lowest BCUT2D eigenvalue weighted by Gasteiger charge is -2.12. The molecule has 0 saturated heterocycles. The first-order valence-electron chi connectivity index (χ1n) is 10.4. The highest BCUT2D eigenvalue weighted by atomic mass is 16.5. The molecule has 0 atom stereocenters. The molecular formula is C22H32N4O3. The van der Waals surface area contributed by atoms with Gasteiger partial charge in [-0.3, -0.25) is 9.78 Å². The molecule has 7 heteroatoms. The van der Waals surface area contributed by atoms with Crippen molar-refractivity contribution in [1.29, 1.82) is 0 Å². The van der Waals surface area contributed by atoms with E-state index in [-0.39, 0.29) is 5.56 Å². The number of H-pyrrole nitrogens is 1. The van der Waals surface area contributed by atoms with Crippen LogP contribution >= 0.6 is 0 Å². The molecule has 2 aromatic rings. The molecule has 0 aliphatic rings. The van der Waals surface area contributed by atoms with Gasteiger partial charge < -0.3 is 9.47 Å². The minimum Gasteiger partial charge on any atom is -0.490 e. The van der Waals surface area contributed by atoms with E-state index >= 15 is 0 Å². The van der Waals surface area contributed by atoms with Crippen LogP contribution in [0, 0.1) is 0 Å². The average molecular weight is 401 g/mol. The molecule has 158 valence electrons. The largest absolute Gasteiger partial charge is 0.490 e. The summed E-state index contributed by atoms with van der Waals surface area (Å²) >= 11 is 0. The number of aromatic amines is 1. The molecule has 0 saturated carbocycles. The van der Waals surface area contributed by atoms with Gasteiger partial charge in [0.1, 0.15) is 0 Å². The Labute approximate surface area is 172 Å². The number of benzene rings is 1. The highest BCUT2D eigenvalue weighted by Gasteiger charge is 2.06. The van der Waals surface area contributed by atoms with Crippen LogP contribution in [0.1, 0.15) is 64.1 Å². The third-order valence-corrected chi connectivity index (χ3v) is 4.21. The molecule has 0 fully saturated rings. The van der Waals surface area contributed by atoms with Gasteiger partial charge in [-0.25, -0.2) is 10.4 Å². The molecule has 0 radical (unpaired) electrons. The van der Waals surface area contributed by atoms with E-state index in [4.69, 9.17) is 9.47 Å². The first kappa shape index (κ1) is 22.5. The van der Waals surface area contributed by atoms with Crippen LogP contribution in [0.25, 0.3) is 0 Å². The fourth-order valence-corrected chi connectivity index (χ4v) is 2.82. The zero-order valence-electron chi connectivity index (χ0n) is 17.7. The van der Waals surface area contributed by atoms with Crippen LogP contribution in [0.2, 0.25) is 0 Å². The number of hydrazone groups is 1. The van der Waals surface area contributed by atoms with Crippen molar-refractivity contribution in [1.82, 2.24) is 9.97 Å². The molecule has 2 rings (SSSR count). The quantitative estimate of drug-likeness (QED) is 0.293. The van der Waals surface area contributed by atoms with Crippen LogP contribution < -0.4 is 20.5 Å². The lowest BCUT2D eigenvalue weighted by Crippen LogP contribution is -2.12.